The average Bonchev–Trinajstić information content (AvgIpc) is 2.40. The van der Waals surface area contributed by atoms with Crippen LogP contribution in [-0.2, 0) is 16.1 Å². The highest BCUT2D eigenvalue weighted by atomic mass is 16.5. The molecular weight excluding hydrogens is 244 g/mol. The molecule has 5 nitrogen and oxygen atoms in total. The number of ether oxygens (including phenoxy) is 1. The summed E-state index contributed by atoms with van der Waals surface area (Å²) in [6.07, 6.45) is -0.722. The summed E-state index contributed by atoms with van der Waals surface area (Å²) in [5.41, 5.74) is 2.36. The molecule has 1 aromatic carbocycles. The van der Waals surface area contributed by atoms with E-state index in [0.717, 1.165) is 17.0 Å². The number of likely N-dealkylation sites (N-methyl/N-ethyl adjacent to an activating group) is 1. The number of hydrogen-bond acceptors (Lipinski definition) is 3. The number of carbonyl (C=O) groups is 2. The predicted octanol–water partition coefficient (Wildman–Crippen LogP) is 0.281. The molecule has 0 radical (unpaired) electrons. The number of rotatable bonds is 4. The Bertz CT molecular complexity index is 443. The summed E-state index contributed by atoms with van der Waals surface area (Å²) >= 11 is 0. The fourth-order valence-electron chi connectivity index (χ4n) is 1.66. The second kappa shape index (κ2) is 6.89. The minimum absolute atomic E-state index is 0.333. The molecule has 2 atom stereocenters. The summed E-state index contributed by atoms with van der Waals surface area (Å²) in [5, 5.41) is 2.18. The van der Waals surface area contributed by atoms with Gasteiger partial charge in [0, 0.05) is 5.56 Å². The van der Waals surface area contributed by atoms with Gasteiger partial charge in [-0.3, -0.25) is 10.1 Å². The fourth-order valence-corrected chi connectivity index (χ4v) is 1.66. The van der Waals surface area contributed by atoms with Crippen molar-refractivity contribution >= 4 is 12.0 Å². The Kier molecular flexibility index (Phi) is 5.51. The lowest BCUT2D eigenvalue weighted by Gasteiger charge is -2.20. The molecule has 1 rings (SSSR count). The third-order valence-corrected chi connectivity index (χ3v) is 3.15. The van der Waals surface area contributed by atoms with Crippen LogP contribution in [0, 0.1) is 6.92 Å². The zero-order valence-electron chi connectivity index (χ0n) is 11.8. The summed E-state index contributed by atoms with van der Waals surface area (Å²) in [7, 11) is 3.15. The van der Waals surface area contributed by atoms with Gasteiger partial charge >= 0.3 is 6.09 Å². The van der Waals surface area contributed by atoms with E-state index in [9.17, 15) is 9.59 Å². The van der Waals surface area contributed by atoms with Crippen LogP contribution in [-0.4, -0.2) is 32.2 Å². The topological polar surface area (TPSA) is 59.8 Å². The minimum Gasteiger partial charge on any atom is -0.453 e. The number of methoxy groups -OCH3 is 1. The van der Waals surface area contributed by atoms with E-state index >= 15 is 0 Å². The van der Waals surface area contributed by atoms with Crippen LogP contribution in [0.3, 0.4) is 0 Å². The Balaban J connectivity index is 2.56. The molecule has 0 heterocycles. The number of aryl methyl sites for hydroxylation is 1. The number of alkyl carbamates (subject to hydrolysis) is 1. The second-order valence-corrected chi connectivity index (χ2v) is 4.71. The van der Waals surface area contributed by atoms with Gasteiger partial charge in [0.25, 0.3) is 5.91 Å². The lowest BCUT2D eigenvalue weighted by Crippen LogP contribution is -3.12. The van der Waals surface area contributed by atoms with Crippen LogP contribution in [0.2, 0.25) is 0 Å². The summed E-state index contributed by atoms with van der Waals surface area (Å²) in [4.78, 5) is 23.8. The fraction of sp³-hybridized carbons (Fsp3) is 0.429. The molecule has 0 saturated carbocycles. The number of benzene rings is 1. The summed E-state index contributed by atoms with van der Waals surface area (Å²) < 4.78 is 4.40. The van der Waals surface area contributed by atoms with Crippen molar-refractivity contribution in [2.45, 2.75) is 26.4 Å². The van der Waals surface area contributed by atoms with Crippen molar-refractivity contribution < 1.29 is 19.2 Å². The zero-order chi connectivity index (χ0) is 14.4. The van der Waals surface area contributed by atoms with Crippen molar-refractivity contribution in [2.75, 3.05) is 14.2 Å². The van der Waals surface area contributed by atoms with E-state index in [-0.39, 0.29) is 11.9 Å². The van der Waals surface area contributed by atoms with Crippen LogP contribution < -0.4 is 10.2 Å². The number of hydrogen-bond donors (Lipinski definition) is 2. The molecule has 0 aliphatic rings. The normalized spacial score (nSPS) is 13.5. The van der Waals surface area contributed by atoms with Crippen molar-refractivity contribution in [1.82, 2.24) is 5.32 Å². The Labute approximate surface area is 113 Å². The molecule has 1 aromatic rings. The van der Waals surface area contributed by atoms with Crippen molar-refractivity contribution in [1.29, 1.82) is 0 Å². The SMILES string of the molecule is COC(=O)NC(=O)[C@H](C)[NH+](C)Cc1ccc(C)cc1. The maximum absolute atomic E-state index is 11.8. The van der Waals surface area contributed by atoms with Gasteiger partial charge in [0.2, 0.25) is 0 Å². The molecule has 104 valence electrons. The first-order valence-corrected chi connectivity index (χ1v) is 6.20. The standard InChI is InChI=1S/C14H20N2O3/c1-10-5-7-12(8-6-10)9-16(3)11(2)13(17)15-14(18)19-4/h5-8,11H,9H2,1-4H3,(H,15,17,18)/p+1/t11-/m0/s1. The van der Waals surface area contributed by atoms with Crippen molar-refractivity contribution in [2.24, 2.45) is 0 Å². The van der Waals surface area contributed by atoms with Crippen molar-refractivity contribution in [3.8, 4) is 0 Å². The van der Waals surface area contributed by atoms with Crippen molar-refractivity contribution in [3.05, 3.63) is 35.4 Å². The summed E-state index contributed by atoms with van der Waals surface area (Å²) in [5.74, 6) is -0.337. The van der Waals surface area contributed by atoms with Crippen LogP contribution in [0.1, 0.15) is 18.1 Å². The van der Waals surface area contributed by atoms with Crippen LogP contribution in [0.4, 0.5) is 4.79 Å². The minimum atomic E-state index is -0.722. The first-order valence-electron chi connectivity index (χ1n) is 6.20. The number of nitrogens with one attached hydrogen (secondary N) is 2. The van der Waals surface area contributed by atoms with Gasteiger partial charge in [-0.15, -0.1) is 0 Å². The van der Waals surface area contributed by atoms with E-state index in [1.807, 2.05) is 38.2 Å². The largest absolute Gasteiger partial charge is 0.453 e. The number of amides is 2. The smallest absolute Gasteiger partial charge is 0.413 e. The number of carbonyl (C=O) groups excluding carboxylic acids is 2. The van der Waals surface area contributed by atoms with Gasteiger partial charge in [0.05, 0.1) is 14.2 Å². The second-order valence-electron chi connectivity index (χ2n) is 4.71. The van der Waals surface area contributed by atoms with Gasteiger partial charge in [-0.2, -0.15) is 0 Å². The van der Waals surface area contributed by atoms with Crippen molar-refractivity contribution in [3.63, 3.8) is 0 Å². The first kappa shape index (κ1) is 15.2. The summed E-state index contributed by atoms with van der Waals surface area (Å²) in [6.45, 7) is 4.53. The molecular formula is C14H21N2O3+. The molecule has 0 spiro atoms. The molecule has 2 amide bonds. The summed E-state index contributed by atoms with van der Waals surface area (Å²) in [6, 6.07) is 7.84. The number of imide groups is 1. The quantitative estimate of drug-likeness (QED) is 0.822. The monoisotopic (exact) mass is 265 g/mol. The highest BCUT2D eigenvalue weighted by Gasteiger charge is 2.23. The third kappa shape index (κ3) is 4.71. The van der Waals surface area contributed by atoms with Gasteiger partial charge in [0.1, 0.15) is 6.54 Å². The molecule has 0 saturated heterocycles. The molecule has 0 aliphatic carbocycles. The van der Waals surface area contributed by atoms with E-state index < -0.39 is 6.09 Å². The van der Waals surface area contributed by atoms with Crippen LogP contribution in [0.5, 0.6) is 0 Å². The van der Waals surface area contributed by atoms with Gasteiger partial charge in [-0.05, 0) is 13.8 Å². The van der Waals surface area contributed by atoms with Crippen LogP contribution in [0.15, 0.2) is 24.3 Å². The third-order valence-electron chi connectivity index (χ3n) is 3.15. The first-order chi connectivity index (χ1) is 8.93. The molecule has 2 N–H and O–H groups in total. The van der Waals surface area contributed by atoms with E-state index in [1.165, 1.54) is 12.7 Å². The highest BCUT2D eigenvalue weighted by molar-refractivity contribution is 5.93. The zero-order valence-corrected chi connectivity index (χ0v) is 11.8. The lowest BCUT2D eigenvalue weighted by molar-refractivity contribution is -0.908. The maximum atomic E-state index is 11.8. The van der Waals surface area contributed by atoms with E-state index in [1.54, 1.807) is 6.92 Å². The Morgan fingerprint density at radius 3 is 2.42 bits per heavy atom. The molecule has 0 aliphatic heterocycles. The maximum Gasteiger partial charge on any atom is 0.413 e. The Morgan fingerprint density at radius 2 is 1.89 bits per heavy atom. The van der Waals surface area contributed by atoms with Gasteiger partial charge < -0.3 is 9.64 Å². The molecule has 0 fully saturated rings. The molecule has 19 heavy (non-hydrogen) atoms. The van der Waals surface area contributed by atoms with E-state index in [0.29, 0.717) is 0 Å². The van der Waals surface area contributed by atoms with Gasteiger partial charge in [-0.1, -0.05) is 29.8 Å². The molecule has 1 unspecified atom stereocenters. The van der Waals surface area contributed by atoms with Crippen LogP contribution in [0.25, 0.3) is 0 Å². The highest BCUT2D eigenvalue weighted by Crippen LogP contribution is 2.01. The van der Waals surface area contributed by atoms with E-state index in [2.05, 4.69) is 10.1 Å². The Morgan fingerprint density at radius 1 is 1.32 bits per heavy atom. The molecule has 0 bridgehead atoms. The number of quaternary nitrogens is 1. The lowest BCUT2D eigenvalue weighted by atomic mass is 10.1. The van der Waals surface area contributed by atoms with Gasteiger partial charge in [0.15, 0.2) is 6.04 Å². The average molecular weight is 265 g/mol. The van der Waals surface area contributed by atoms with Crippen LogP contribution >= 0.6 is 0 Å². The van der Waals surface area contributed by atoms with Gasteiger partial charge in [-0.25, -0.2) is 4.79 Å². The Hall–Kier alpha value is -1.88. The predicted molar refractivity (Wildman–Crippen MR) is 71.8 cm³/mol. The molecule has 0 aromatic heterocycles. The molecule has 5 heteroatoms. The van der Waals surface area contributed by atoms with E-state index in [4.69, 9.17) is 0 Å².